The van der Waals surface area contributed by atoms with E-state index in [-0.39, 0.29) is 23.8 Å². The molecule has 2 aromatic carbocycles. The summed E-state index contributed by atoms with van der Waals surface area (Å²) in [6.07, 6.45) is 1.04. The third kappa shape index (κ3) is 6.63. The monoisotopic (exact) mass is 396 g/mol. The van der Waals surface area contributed by atoms with Crippen molar-refractivity contribution in [2.45, 2.75) is 46.0 Å². The van der Waals surface area contributed by atoms with Gasteiger partial charge in [0, 0.05) is 13.0 Å². The molecule has 0 unspecified atom stereocenters. The Morgan fingerprint density at radius 1 is 1.03 bits per heavy atom. The van der Waals surface area contributed by atoms with Crippen molar-refractivity contribution in [3.8, 4) is 5.75 Å². The van der Waals surface area contributed by atoms with Crippen molar-refractivity contribution in [2.24, 2.45) is 0 Å². The van der Waals surface area contributed by atoms with Gasteiger partial charge < -0.3 is 15.0 Å². The summed E-state index contributed by atoms with van der Waals surface area (Å²) in [7, 11) is 1.56. The van der Waals surface area contributed by atoms with Crippen LogP contribution in [0.2, 0.25) is 0 Å². The molecule has 0 bridgehead atoms. The summed E-state index contributed by atoms with van der Waals surface area (Å²) in [4.78, 5) is 26.6. The molecule has 1 N–H and O–H groups in total. The molecule has 2 aromatic rings. The van der Waals surface area contributed by atoms with Crippen LogP contribution >= 0.6 is 0 Å². The van der Waals surface area contributed by atoms with Crippen LogP contribution in [0.4, 0.5) is 5.69 Å². The lowest BCUT2D eigenvalue weighted by Gasteiger charge is -2.21. The highest BCUT2D eigenvalue weighted by molar-refractivity contribution is 5.95. The molecule has 5 heteroatoms. The van der Waals surface area contributed by atoms with Gasteiger partial charge in [-0.05, 0) is 42.0 Å². The molecule has 0 aromatic heterocycles. The van der Waals surface area contributed by atoms with Gasteiger partial charge in [0.1, 0.15) is 5.75 Å². The molecule has 0 aliphatic heterocycles. The molecule has 0 aliphatic carbocycles. The zero-order valence-corrected chi connectivity index (χ0v) is 18.1. The van der Waals surface area contributed by atoms with Crippen molar-refractivity contribution in [1.29, 1.82) is 0 Å². The lowest BCUT2D eigenvalue weighted by molar-refractivity contribution is -0.134. The van der Waals surface area contributed by atoms with Crippen LogP contribution in [0.5, 0.6) is 5.75 Å². The number of carbonyl (C=O) groups is 2. The number of nitrogens with one attached hydrogen (secondary N) is 1. The Balaban J connectivity index is 1.90. The normalized spacial score (nSPS) is 11.1. The summed E-state index contributed by atoms with van der Waals surface area (Å²) in [5.41, 5.74) is 3.11. The Bertz CT molecular complexity index is 823. The summed E-state index contributed by atoms with van der Waals surface area (Å²) in [5.74, 6) is 0.329. The van der Waals surface area contributed by atoms with E-state index in [9.17, 15) is 9.59 Å². The number of likely N-dealkylation sites (N-methyl/N-ethyl adjacent to an activating group) is 1. The number of benzene rings is 2. The number of rotatable bonds is 8. The molecule has 29 heavy (non-hydrogen) atoms. The highest BCUT2D eigenvalue weighted by atomic mass is 16.5. The second kappa shape index (κ2) is 10.1. The third-order valence-electron chi connectivity index (χ3n) is 4.90. The number of carbonyl (C=O) groups excluding carboxylic acids is 2. The molecule has 0 saturated carbocycles. The first kappa shape index (κ1) is 22.5. The molecule has 2 amide bonds. The number of nitrogens with zero attached hydrogens (tertiary/aromatic N) is 1. The Hall–Kier alpha value is -2.82. The van der Waals surface area contributed by atoms with Gasteiger partial charge in [-0.2, -0.15) is 0 Å². The highest BCUT2D eigenvalue weighted by Gasteiger charge is 2.17. The summed E-state index contributed by atoms with van der Waals surface area (Å²) in [6.45, 7) is 8.94. The van der Waals surface area contributed by atoms with Gasteiger partial charge in [-0.1, -0.05) is 57.2 Å². The number of ether oxygens (including phenoxy) is 1. The number of anilines is 1. The number of aryl methyl sites for hydroxylation is 1. The predicted octanol–water partition coefficient (Wildman–Crippen LogP) is 4.41. The van der Waals surface area contributed by atoms with Crippen LogP contribution in [0.1, 0.15) is 45.2 Å². The van der Waals surface area contributed by atoms with Crippen LogP contribution in [0.15, 0.2) is 48.5 Å². The average Bonchev–Trinajstić information content (AvgIpc) is 2.70. The maximum atomic E-state index is 12.6. The van der Waals surface area contributed by atoms with Crippen molar-refractivity contribution in [1.82, 2.24) is 4.90 Å². The predicted molar refractivity (Wildman–Crippen MR) is 117 cm³/mol. The first-order chi connectivity index (χ1) is 13.7. The molecule has 0 saturated heterocycles. The number of hydrogen-bond acceptors (Lipinski definition) is 3. The first-order valence-corrected chi connectivity index (χ1v) is 10.0. The second-order valence-electron chi connectivity index (χ2n) is 8.10. The molecule has 0 atom stereocenters. The van der Waals surface area contributed by atoms with Gasteiger partial charge in [0.25, 0.3) is 0 Å². The molecule has 0 fully saturated rings. The zero-order valence-electron chi connectivity index (χ0n) is 18.1. The van der Waals surface area contributed by atoms with Crippen LogP contribution in [0, 0.1) is 0 Å². The molecule has 0 radical (unpaired) electrons. The molecular formula is C24H32N2O3. The smallest absolute Gasteiger partial charge is 0.244 e. The van der Waals surface area contributed by atoms with Crippen LogP contribution < -0.4 is 10.1 Å². The van der Waals surface area contributed by atoms with E-state index in [1.165, 1.54) is 5.56 Å². The van der Waals surface area contributed by atoms with Crippen LogP contribution in [0.25, 0.3) is 0 Å². The van der Waals surface area contributed by atoms with E-state index in [4.69, 9.17) is 4.74 Å². The van der Waals surface area contributed by atoms with Gasteiger partial charge in [-0.15, -0.1) is 0 Å². The van der Waals surface area contributed by atoms with E-state index in [1.807, 2.05) is 19.1 Å². The Labute approximate surface area is 174 Å². The lowest BCUT2D eigenvalue weighted by Crippen LogP contribution is -2.38. The summed E-state index contributed by atoms with van der Waals surface area (Å²) >= 11 is 0. The molecule has 2 rings (SSSR count). The fourth-order valence-corrected chi connectivity index (χ4v) is 3.07. The van der Waals surface area contributed by atoms with Gasteiger partial charge in [-0.25, -0.2) is 0 Å². The van der Waals surface area contributed by atoms with E-state index < -0.39 is 0 Å². The van der Waals surface area contributed by atoms with Gasteiger partial charge in [0.15, 0.2) is 0 Å². The molecule has 0 spiro atoms. The second-order valence-corrected chi connectivity index (χ2v) is 8.10. The minimum absolute atomic E-state index is 0.0242. The zero-order chi connectivity index (χ0) is 21.4. The number of hydrogen-bond donors (Lipinski definition) is 1. The standard InChI is InChI=1S/C24H32N2O3/c1-6-26(17-22(27)25-20-9-7-8-10-21(20)29-5)23(28)16-13-18-11-14-19(15-12-18)24(2,3)4/h7-12,14-15H,6,13,16-17H2,1-5H3,(H,25,27). The number of methoxy groups -OCH3 is 1. The van der Waals surface area contributed by atoms with Crippen molar-refractivity contribution >= 4 is 17.5 Å². The minimum atomic E-state index is -0.237. The van der Waals surface area contributed by atoms with Gasteiger partial charge in [-0.3, -0.25) is 9.59 Å². The van der Waals surface area contributed by atoms with Crippen molar-refractivity contribution in [3.63, 3.8) is 0 Å². The summed E-state index contributed by atoms with van der Waals surface area (Å²) in [5, 5.41) is 2.82. The van der Waals surface area contributed by atoms with Gasteiger partial charge >= 0.3 is 0 Å². The van der Waals surface area contributed by atoms with Crippen molar-refractivity contribution in [3.05, 3.63) is 59.7 Å². The van der Waals surface area contributed by atoms with Gasteiger partial charge in [0.05, 0.1) is 19.3 Å². The minimum Gasteiger partial charge on any atom is -0.495 e. The van der Waals surface area contributed by atoms with Gasteiger partial charge in [0.2, 0.25) is 11.8 Å². The van der Waals surface area contributed by atoms with E-state index >= 15 is 0 Å². The molecular weight excluding hydrogens is 364 g/mol. The SMILES string of the molecule is CCN(CC(=O)Nc1ccccc1OC)C(=O)CCc1ccc(C(C)(C)C)cc1. The largest absolute Gasteiger partial charge is 0.495 e. The highest BCUT2D eigenvalue weighted by Crippen LogP contribution is 2.23. The fourth-order valence-electron chi connectivity index (χ4n) is 3.07. The lowest BCUT2D eigenvalue weighted by atomic mass is 9.86. The van der Waals surface area contributed by atoms with Crippen LogP contribution in [-0.4, -0.2) is 36.9 Å². The third-order valence-corrected chi connectivity index (χ3v) is 4.90. The van der Waals surface area contributed by atoms with Crippen LogP contribution in [0.3, 0.4) is 0 Å². The van der Waals surface area contributed by atoms with E-state index in [2.05, 4.69) is 50.4 Å². The van der Waals surface area contributed by atoms with Crippen molar-refractivity contribution < 1.29 is 14.3 Å². The topological polar surface area (TPSA) is 58.6 Å². The molecule has 156 valence electrons. The van der Waals surface area contributed by atoms with Crippen molar-refractivity contribution in [2.75, 3.05) is 25.5 Å². The van der Waals surface area contributed by atoms with E-state index in [1.54, 1.807) is 24.1 Å². The molecule has 0 heterocycles. The average molecular weight is 397 g/mol. The van der Waals surface area contributed by atoms with E-state index in [0.29, 0.717) is 30.8 Å². The summed E-state index contributed by atoms with van der Waals surface area (Å²) in [6, 6.07) is 15.6. The molecule has 0 aliphatic rings. The fraction of sp³-hybridized carbons (Fsp3) is 0.417. The quantitative estimate of drug-likeness (QED) is 0.719. The Morgan fingerprint density at radius 3 is 2.28 bits per heavy atom. The summed E-state index contributed by atoms with van der Waals surface area (Å²) < 4.78 is 5.25. The molecule has 5 nitrogen and oxygen atoms in total. The van der Waals surface area contributed by atoms with E-state index in [0.717, 1.165) is 5.56 Å². The maximum absolute atomic E-state index is 12.6. The van der Waals surface area contributed by atoms with Crippen LogP contribution in [-0.2, 0) is 21.4 Å². The Morgan fingerprint density at radius 2 is 1.69 bits per heavy atom. The Kier molecular flexibility index (Phi) is 7.82. The maximum Gasteiger partial charge on any atom is 0.244 e. The number of para-hydroxylation sites is 2. The number of amides is 2. The first-order valence-electron chi connectivity index (χ1n) is 10.0.